The molecule has 1 aromatic carbocycles. The van der Waals surface area contributed by atoms with Crippen LogP contribution < -0.4 is 0 Å². The van der Waals surface area contributed by atoms with Crippen molar-refractivity contribution in [2.75, 3.05) is 0 Å². The van der Waals surface area contributed by atoms with E-state index < -0.39 is 11.7 Å². The Labute approximate surface area is 103 Å². The summed E-state index contributed by atoms with van der Waals surface area (Å²) < 4.78 is 37.3. The lowest BCUT2D eigenvalue weighted by Crippen LogP contribution is -2.04. The van der Waals surface area contributed by atoms with Crippen molar-refractivity contribution in [1.82, 2.24) is 9.97 Å². The molecule has 0 aliphatic heterocycles. The molecule has 0 radical (unpaired) electrons. The van der Waals surface area contributed by atoms with E-state index in [4.69, 9.17) is 0 Å². The van der Waals surface area contributed by atoms with Gasteiger partial charge in [-0.15, -0.1) is 0 Å². The molecule has 0 fully saturated rings. The highest BCUT2D eigenvalue weighted by Crippen LogP contribution is 2.31. The zero-order valence-electron chi connectivity index (χ0n) is 9.92. The molecule has 0 unspecified atom stereocenters. The minimum atomic E-state index is -4.31. The smallest absolute Gasteiger partial charge is 0.241 e. The Morgan fingerprint density at radius 3 is 2.11 bits per heavy atom. The monoisotopic (exact) mass is 252 g/mol. The second-order valence-corrected chi connectivity index (χ2v) is 3.99. The van der Waals surface area contributed by atoms with Gasteiger partial charge in [0.2, 0.25) is 0 Å². The molecule has 0 bridgehead atoms. The summed E-state index contributed by atoms with van der Waals surface area (Å²) in [5.74, 6) is 0.642. The zero-order chi connectivity index (χ0) is 13.3. The molecule has 1 heterocycles. The topological polar surface area (TPSA) is 25.8 Å². The molecule has 18 heavy (non-hydrogen) atoms. The van der Waals surface area contributed by atoms with Gasteiger partial charge in [0.05, 0.1) is 5.56 Å². The van der Waals surface area contributed by atoms with E-state index in [9.17, 15) is 13.2 Å². The van der Waals surface area contributed by atoms with Gasteiger partial charge in [0.1, 0.15) is 5.82 Å². The van der Waals surface area contributed by atoms with Crippen LogP contribution in [0.5, 0.6) is 0 Å². The number of aryl methyl sites for hydroxylation is 2. The maximum atomic E-state index is 12.4. The Kier molecular flexibility index (Phi) is 3.07. The summed E-state index contributed by atoms with van der Waals surface area (Å²) in [6, 6.07) is 5.00. The molecular formula is C13H11F3N2. The van der Waals surface area contributed by atoms with Crippen LogP contribution in [-0.4, -0.2) is 9.97 Å². The van der Waals surface area contributed by atoms with Crippen molar-refractivity contribution in [2.24, 2.45) is 0 Å². The van der Waals surface area contributed by atoms with Crippen LogP contribution in [0.25, 0.3) is 11.1 Å². The van der Waals surface area contributed by atoms with Crippen molar-refractivity contribution >= 4 is 0 Å². The summed E-state index contributed by atoms with van der Waals surface area (Å²) in [7, 11) is 0. The Morgan fingerprint density at radius 1 is 1.00 bits per heavy atom. The SMILES string of the molecule is Cc1ncc(-c2ccc(C(F)(F)F)cc2)c(C)n1. The average molecular weight is 252 g/mol. The van der Waals surface area contributed by atoms with Crippen LogP contribution in [0.1, 0.15) is 17.1 Å². The molecule has 2 aromatic rings. The van der Waals surface area contributed by atoms with E-state index in [0.717, 1.165) is 23.4 Å². The van der Waals surface area contributed by atoms with Crippen LogP contribution in [0.2, 0.25) is 0 Å². The largest absolute Gasteiger partial charge is 0.416 e. The number of nitrogens with zero attached hydrogens (tertiary/aromatic N) is 2. The predicted molar refractivity (Wildman–Crippen MR) is 61.9 cm³/mol. The van der Waals surface area contributed by atoms with Gasteiger partial charge in [-0.25, -0.2) is 9.97 Å². The van der Waals surface area contributed by atoms with Crippen molar-refractivity contribution in [3.63, 3.8) is 0 Å². The van der Waals surface area contributed by atoms with Crippen molar-refractivity contribution in [2.45, 2.75) is 20.0 Å². The van der Waals surface area contributed by atoms with Gasteiger partial charge in [-0.05, 0) is 31.5 Å². The molecule has 0 amide bonds. The first-order chi connectivity index (χ1) is 8.38. The molecule has 1 aromatic heterocycles. The van der Waals surface area contributed by atoms with Gasteiger partial charge in [-0.3, -0.25) is 0 Å². The van der Waals surface area contributed by atoms with Gasteiger partial charge in [0.15, 0.2) is 0 Å². The van der Waals surface area contributed by atoms with Crippen LogP contribution in [0.3, 0.4) is 0 Å². The van der Waals surface area contributed by atoms with Gasteiger partial charge >= 0.3 is 6.18 Å². The van der Waals surface area contributed by atoms with Crippen molar-refractivity contribution in [3.8, 4) is 11.1 Å². The fourth-order valence-electron chi connectivity index (χ4n) is 1.71. The summed E-state index contributed by atoms with van der Waals surface area (Å²) in [5.41, 5.74) is 1.52. The molecule has 2 nitrogen and oxygen atoms in total. The van der Waals surface area contributed by atoms with Crippen molar-refractivity contribution in [1.29, 1.82) is 0 Å². The molecule has 0 aliphatic rings. The van der Waals surface area contributed by atoms with E-state index in [1.807, 2.05) is 6.92 Å². The second kappa shape index (κ2) is 4.40. The fourth-order valence-corrected chi connectivity index (χ4v) is 1.71. The highest BCUT2D eigenvalue weighted by atomic mass is 19.4. The van der Waals surface area contributed by atoms with E-state index in [-0.39, 0.29) is 0 Å². The molecule has 0 aliphatic carbocycles. The lowest BCUT2D eigenvalue weighted by molar-refractivity contribution is -0.137. The third kappa shape index (κ3) is 2.50. The van der Waals surface area contributed by atoms with E-state index in [1.165, 1.54) is 12.1 Å². The molecule has 0 atom stereocenters. The summed E-state index contributed by atoms with van der Waals surface area (Å²) in [4.78, 5) is 8.24. The minimum absolute atomic E-state index is 0.642. The zero-order valence-corrected chi connectivity index (χ0v) is 9.92. The van der Waals surface area contributed by atoms with Crippen LogP contribution in [0.15, 0.2) is 30.5 Å². The predicted octanol–water partition coefficient (Wildman–Crippen LogP) is 3.78. The van der Waals surface area contributed by atoms with Crippen molar-refractivity contribution < 1.29 is 13.2 Å². The maximum Gasteiger partial charge on any atom is 0.416 e. The van der Waals surface area contributed by atoms with E-state index in [0.29, 0.717) is 11.4 Å². The van der Waals surface area contributed by atoms with Gasteiger partial charge in [-0.1, -0.05) is 12.1 Å². The number of hydrogen-bond donors (Lipinski definition) is 0. The first kappa shape index (κ1) is 12.5. The minimum Gasteiger partial charge on any atom is -0.241 e. The Morgan fingerprint density at radius 2 is 1.61 bits per heavy atom. The lowest BCUT2D eigenvalue weighted by Gasteiger charge is -2.09. The summed E-state index contributed by atoms with van der Waals surface area (Å²) >= 11 is 0. The van der Waals surface area contributed by atoms with E-state index >= 15 is 0 Å². The molecule has 2 rings (SSSR count). The van der Waals surface area contributed by atoms with Crippen LogP contribution in [0.4, 0.5) is 13.2 Å². The van der Waals surface area contributed by atoms with Gasteiger partial charge in [-0.2, -0.15) is 13.2 Å². The van der Waals surface area contributed by atoms with E-state index in [2.05, 4.69) is 9.97 Å². The fraction of sp³-hybridized carbons (Fsp3) is 0.231. The number of rotatable bonds is 1. The first-order valence-electron chi connectivity index (χ1n) is 5.36. The van der Waals surface area contributed by atoms with Gasteiger partial charge < -0.3 is 0 Å². The summed E-state index contributed by atoms with van der Waals surface area (Å²) in [6.07, 6.45) is -2.68. The number of hydrogen-bond acceptors (Lipinski definition) is 2. The average Bonchev–Trinajstić information content (AvgIpc) is 2.28. The normalized spacial score (nSPS) is 11.6. The van der Waals surface area contributed by atoms with E-state index in [1.54, 1.807) is 13.1 Å². The third-order valence-corrected chi connectivity index (χ3v) is 2.62. The van der Waals surface area contributed by atoms with Crippen LogP contribution in [0, 0.1) is 13.8 Å². The highest BCUT2D eigenvalue weighted by molar-refractivity contribution is 5.65. The molecule has 5 heteroatoms. The molecule has 94 valence electrons. The summed E-state index contributed by atoms with van der Waals surface area (Å²) in [5, 5.41) is 0. The van der Waals surface area contributed by atoms with Gasteiger partial charge in [0, 0.05) is 17.5 Å². The van der Waals surface area contributed by atoms with Crippen LogP contribution >= 0.6 is 0 Å². The number of benzene rings is 1. The molecule has 0 saturated carbocycles. The molecule has 0 spiro atoms. The van der Waals surface area contributed by atoms with Crippen LogP contribution in [-0.2, 0) is 6.18 Å². The number of alkyl halides is 3. The molecule has 0 saturated heterocycles. The van der Waals surface area contributed by atoms with Gasteiger partial charge in [0.25, 0.3) is 0 Å². The molecular weight excluding hydrogens is 241 g/mol. The summed E-state index contributed by atoms with van der Waals surface area (Å²) in [6.45, 7) is 3.57. The lowest BCUT2D eigenvalue weighted by atomic mass is 10.0. The Hall–Kier alpha value is -1.91. The quantitative estimate of drug-likeness (QED) is 0.771. The first-order valence-corrected chi connectivity index (χ1v) is 5.36. The highest BCUT2D eigenvalue weighted by Gasteiger charge is 2.30. The maximum absolute atomic E-state index is 12.4. The number of halogens is 3. The van der Waals surface area contributed by atoms with Crippen molar-refractivity contribution in [3.05, 3.63) is 47.5 Å². The Bertz CT molecular complexity index is 559. The third-order valence-electron chi connectivity index (χ3n) is 2.62. The Balaban J connectivity index is 2.41. The number of aromatic nitrogens is 2. The standard InChI is InChI=1S/C13H11F3N2/c1-8-12(7-17-9(2)18-8)10-3-5-11(6-4-10)13(14,15)16/h3-7H,1-2H3. The molecule has 0 N–H and O–H groups in total. The second-order valence-electron chi connectivity index (χ2n) is 3.99.